The van der Waals surface area contributed by atoms with Crippen LogP contribution in [0.15, 0.2) is 59.7 Å². The third-order valence-electron chi connectivity index (χ3n) is 4.55. The van der Waals surface area contributed by atoms with E-state index in [1.165, 1.54) is 24.3 Å². The molecule has 2 aromatic carbocycles. The summed E-state index contributed by atoms with van der Waals surface area (Å²) in [4.78, 5) is 12.6. The highest BCUT2D eigenvalue weighted by atomic mass is 35.5. The molecule has 0 bridgehead atoms. The van der Waals surface area contributed by atoms with E-state index in [2.05, 4.69) is 5.10 Å². The molecule has 1 aliphatic heterocycles. The minimum Gasteiger partial charge on any atom is -0.365 e. The van der Waals surface area contributed by atoms with Crippen LogP contribution in [0, 0.1) is 0 Å². The number of hydrazone groups is 1. The van der Waals surface area contributed by atoms with Crippen molar-refractivity contribution >= 4 is 23.2 Å². The summed E-state index contributed by atoms with van der Waals surface area (Å²) in [7, 11) is 0. The van der Waals surface area contributed by atoms with Crippen molar-refractivity contribution in [1.29, 1.82) is 0 Å². The molecule has 4 nitrogen and oxygen atoms in total. The summed E-state index contributed by atoms with van der Waals surface area (Å²) in [5, 5.41) is 15.3. The fourth-order valence-corrected chi connectivity index (χ4v) is 3.23. The number of carbonyl (C=O) groups excluding carboxylic acids is 1. The Hall–Kier alpha value is -2.38. The third-order valence-corrected chi connectivity index (χ3v) is 4.81. The normalized spacial score (nSPS) is 19.6. The number of aliphatic hydroxyl groups is 1. The van der Waals surface area contributed by atoms with Crippen LogP contribution in [0.2, 0.25) is 5.02 Å². The molecule has 0 aromatic heterocycles. The lowest BCUT2D eigenvalue weighted by Crippen LogP contribution is -2.43. The second-order valence-corrected chi connectivity index (χ2v) is 7.03. The molecule has 0 fully saturated rings. The maximum atomic E-state index is 13.2. The molecule has 148 valence electrons. The largest absolute Gasteiger partial charge is 0.431 e. The lowest BCUT2D eigenvalue weighted by molar-refractivity contribution is -0.158. The Morgan fingerprint density at radius 1 is 1.14 bits per heavy atom. The van der Waals surface area contributed by atoms with E-state index in [4.69, 9.17) is 11.6 Å². The van der Waals surface area contributed by atoms with Gasteiger partial charge in [0.2, 0.25) is 5.91 Å². The van der Waals surface area contributed by atoms with Crippen molar-refractivity contribution in [3.8, 4) is 0 Å². The Morgan fingerprint density at radius 3 is 2.39 bits per heavy atom. The predicted octanol–water partition coefficient (Wildman–Crippen LogP) is 4.66. The molecule has 8 heteroatoms. The van der Waals surface area contributed by atoms with Gasteiger partial charge in [0.15, 0.2) is 5.72 Å². The van der Waals surface area contributed by atoms with Crippen molar-refractivity contribution in [1.82, 2.24) is 5.01 Å². The summed E-state index contributed by atoms with van der Waals surface area (Å²) in [6.45, 7) is 0. The quantitative estimate of drug-likeness (QED) is 0.779. The number of amides is 1. The van der Waals surface area contributed by atoms with Crippen LogP contribution in [-0.2, 0) is 16.9 Å². The van der Waals surface area contributed by atoms with E-state index in [1.807, 2.05) is 30.3 Å². The van der Waals surface area contributed by atoms with Gasteiger partial charge >= 0.3 is 6.18 Å². The number of halogens is 4. The predicted molar refractivity (Wildman–Crippen MR) is 99.7 cm³/mol. The Kier molecular flexibility index (Phi) is 5.76. The Morgan fingerprint density at radius 2 is 1.79 bits per heavy atom. The fraction of sp³-hybridized carbons (Fsp3) is 0.300. The molecule has 0 spiro atoms. The van der Waals surface area contributed by atoms with Crippen molar-refractivity contribution < 1.29 is 23.1 Å². The highest BCUT2D eigenvalue weighted by Crippen LogP contribution is 2.40. The number of rotatable bonds is 5. The van der Waals surface area contributed by atoms with E-state index in [1.54, 1.807) is 0 Å². The maximum Gasteiger partial charge on any atom is 0.431 e. The number of hydrogen-bond donors (Lipinski definition) is 1. The van der Waals surface area contributed by atoms with Gasteiger partial charge in [-0.15, -0.1) is 0 Å². The first-order chi connectivity index (χ1) is 13.2. The van der Waals surface area contributed by atoms with Gasteiger partial charge in [0.25, 0.3) is 0 Å². The molecule has 0 aliphatic carbocycles. The van der Waals surface area contributed by atoms with Gasteiger partial charge in [-0.05, 0) is 30.5 Å². The van der Waals surface area contributed by atoms with Crippen LogP contribution in [0.3, 0.4) is 0 Å². The molecule has 0 radical (unpaired) electrons. The van der Waals surface area contributed by atoms with Crippen LogP contribution in [0.1, 0.15) is 30.4 Å². The average molecular weight is 411 g/mol. The minimum atomic E-state index is -4.74. The Balaban J connectivity index is 1.80. The van der Waals surface area contributed by atoms with Crippen LogP contribution in [0.4, 0.5) is 13.2 Å². The zero-order valence-corrected chi connectivity index (χ0v) is 15.5. The van der Waals surface area contributed by atoms with Crippen molar-refractivity contribution in [2.75, 3.05) is 0 Å². The molecule has 1 heterocycles. The topological polar surface area (TPSA) is 52.9 Å². The smallest absolute Gasteiger partial charge is 0.365 e. The Bertz CT molecular complexity index is 869. The SMILES string of the molecule is O=C(CCCc1ccccc1)N1N=C(C(F)(F)F)C[C@]1(O)c1ccc(Cl)cc1. The Labute approximate surface area is 165 Å². The number of alkyl halides is 3. The average Bonchev–Trinajstić information content (AvgIpc) is 3.02. The van der Waals surface area contributed by atoms with E-state index in [0.717, 1.165) is 5.56 Å². The molecule has 1 atom stereocenters. The van der Waals surface area contributed by atoms with E-state index < -0.39 is 29.9 Å². The molecule has 1 aliphatic rings. The fourth-order valence-electron chi connectivity index (χ4n) is 3.10. The lowest BCUT2D eigenvalue weighted by atomic mass is 9.96. The molecule has 1 N–H and O–H groups in total. The number of hydrogen-bond acceptors (Lipinski definition) is 3. The van der Waals surface area contributed by atoms with Gasteiger partial charge in [0.05, 0.1) is 6.42 Å². The van der Waals surface area contributed by atoms with E-state index >= 15 is 0 Å². The third kappa shape index (κ3) is 4.36. The second kappa shape index (κ2) is 7.93. The van der Waals surface area contributed by atoms with Crippen LogP contribution < -0.4 is 0 Å². The van der Waals surface area contributed by atoms with Gasteiger partial charge < -0.3 is 5.11 Å². The van der Waals surface area contributed by atoms with E-state index in [0.29, 0.717) is 22.9 Å². The van der Waals surface area contributed by atoms with Gasteiger partial charge in [0.1, 0.15) is 5.71 Å². The van der Waals surface area contributed by atoms with Crippen molar-refractivity contribution in [3.63, 3.8) is 0 Å². The summed E-state index contributed by atoms with van der Waals surface area (Å²) >= 11 is 5.82. The molecule has 2 aromatic rings. The molecule has 28 heavy (non-hydrogen) atoms. The van der Waals surface area contributed by atoms with Crippen LogP contribution >= 0.6 is 11.6 Å². The van der Waals surface area contributed by atoms with Gasteiger partial charge in [-0.1, -0.05) is 54.1 Å². The van der Waals surface area contributed by atoms with Crippen molar-refractivity contribution in [2.24, 2.45) is 5.10 Å². The summed E-state index contributed by atoms with van der Waals surface area (Å²) in [5.74, 6) is -0.673. The minimum absolute atomic E-state index is 0.0422. The van der Waals surface area contributed by atoms with E-state index in [-0.39, 0.29) is 12.0 Å². The number of nitrogens with zero attached hydrogens (tertiary/aromatic N) is 2. The highest BCUT2D eigenvalue weighted by Gasteiger charge is 2.52. The number of benzene rings is 2. The summed E-state index contributed by atoms with van der Waals surface area (Å²) in [6.07, 6.45) is -4.59. The van der Waals surface area contributed by atoms with Crippen molar-refractivity contribution in [2.45, 2.75) is 37.6 Å². The van der Waals surface area contributed by atoms with Crippen LogP contribution in [0.5, 0.6) is 0 Å². The molecule has 1 amide bonds. The summed E-state index contributed by atoms with van der Waals surface area (Å²) < 4.78 is 39.6. The molecular formula is C20H18ClF3N2O2. The van der Waals surface area contributed by atoms with Crippen LogP contribution in [-0.4, -0.2) is 27.9 Å². The maximum absolute atomic E-state index is 13.2. The standard InChI is InChI=1S/C20H18ClF3N2O2/c21-16-11-9-15(10-12-16)19(28)13-17(20(22,23)24)25-26(19)18(27)8-4-7-14-5-2-1-3-6-14/h1-3,5-6,9-12,28H,4,7-8,13H2/t19-/m0/s1. The number of aryl methyl sites for hydroxylation is 1. The van der Waals surface area contributed by atoms with Gasteiger partial charge in [-0.25, -0.2) is 0 Å². The summed E-state index contributed by atoms with van der Waals surface area (Å²) in [5.41, 5.74) is -2.25. The molecule has 0 saturated heterocycles. The van der Waals surface area contributed by atoms with Crippen LogP contribution in [0.25, 0.3) is 0 Å². The first-order valence-corrected chi connectivity index (χ1v) is 9.08. The second-order valence-electron chi connectivity index (χ2n) is 6.59. The zero-order valence-electron chi connectivity index (χ0n) is 14.8. The molecular weight excluding hydrogens is 393 g/mol. The molecule has 3 rings (SSSR count). The molecule has 0 unspecified atom stereocenters. The van der Waals surface area contributed by atoms with Gasteiger partial charge in [-0.2, -0.15) is 23.3 Å². The lowest BCUT2D eigenvalue weighted by Gasteiger charge is -2.31. The van der Waals surface area contributed by atoms with E-state index in [9.17, 15) is 23.1 Å². The van der Waals surface area contributed by atoms with Crippen molar-refractivity contribution in [3.05, 3.63) is 70.7 Å². The van der Waals surface area contributed by atoms with Gasteiger partial charge in [0, 0.05) is 17.0 Å². The number of carbonyl (C=O) groups is 1. The monoisotopic (exact) mass is 410 g/mol. The first-order valence-electron chi connectivity index (χ1n) is 8.70. The molecule has 0 saturated carbocycles. The first kappa shape index (κ1) is 20.4. The van der Waals surface area contributed by atoms with Gasteiger partial charge in [-0.3, -0.25) is 4.79 Å². The highest BCUT2D eigenvalue weighted by molar-refractivity contribution is 6.30. The zero-order chi connectivity index (χ0) is 20.4. The summed E-state index contributed by atoms with van der Waals surface area (Å²) in [6, 6.07) is 15.1.